The first-order valence-electron chi connectivity index (χ1n) is 5.81. The molecule has 18 heavy (non-hydrogen) atoms. The number of anilines is 1. The Bertz CT molecular complexity index is 567. The van der Waals surface area contributed by atoms with Crippen LogP contribution in [0.3, 0.4) is 0 Å². The molecule has 0 bridgehead atoms. The number of benzene rings is 1. The summed E-state index contributed by atoms with van der Waals surface area (Å²) in [5, 5.41) is 9.84. The van der Waals surface area contributed by atoms with Crippen LogP contribution >= 0.6 is 0 Å². The third-order valence-corrected chi connectivity index (χ3v) is 5.15. The predicted molar refractivity (Wildman–Crippen MR) is 69.6 cm³/mol. The number of aliphatic hydroxyl groups is 1. The van der Waals surface area contributed by atoms with Crippen molar-refractivity contribution in [2.24, 2.45) is 0 Å². The molecule has 0 aliphatic carbocycles. The molecular weight excluding hydrogens is 252 g/mol. The number of nitrogen functional groups attached to an aromatic ring is 1. The van der Waals surface area contributed by atoms with Gasteiger partial charge in [-0.25, -0.2) is 8.42 Å². The van der Waals surface area contributed by atoms with E-state index in [0.29, 0.717) is 18.7 Å². The number of aryl methyl sites for hydroxylation is 1. The predicted octanol–water partition coefficient (Wildman–Crippen LogP) is 0.723. The van der Waals surface area contributed by atoms with E-state index in [4.69, 9.17) is 5.73 Å². The van der Waals surface area contributed by atoms with Gasteiger partial charge in [-0.15, -0.1) is 0 Å². The molecule has 1 aromatic rings. The molecule has 1 atom stereocenters. The second-order valence-electron chi connectivity index (χ2n) is 5.10. The zero-order valence-electron chi connectivity index (χ0n) is 10.5. The molecule has 100 valence electrons. The van der Waals surface area contributed by atoms with Crippen molar-refractivity contribution in [1.82, 2.24) is 4.31 Å². The molecule has 2 rings (SSSR count). The van der Waals surface area contributed by atoms with Crippen molar-refractivity contribution in [3.63, 3.8) is 0 Å². The van der Waals surface area contributed by atoms with Crippen LogP contribution in [-0.2, 0) is 10.0 Å². The first-order chi connectivity index (χ1) is 8.22. The lowest BCUT2D eigenvalue weighted by Crippen LogP contribution is -2.33. The van der Waals surface area contributed by atoms with Gasteiger partial charge in [-0.3, -0.25) is 0 Å². The van der Waals surface area contributed by atoms with Gasteiger partial charge in [0, 0.05) is 18.8 Å². The number of β-amino-alcohol motifs (C(OH)–C–C–N with tert-alkyl or cyclic N) is 1. The SMILES string of the molecule is Cc1ccc(S(=O)(=O)N2CCC(C)(O)C2)cc1N. The molecule has 3 N–H and O–H groups in total. The van der Waals surface area contributed by atoms with E-state index in [0.717, 1.165) is 5.56 Å². The number of hydrogen-bond acceptors (Lipinski definition) is 4. The fraction of sp³-hybridized carbons (Fsp3) is 0.500. The van der Waals surface area contributed by atoms with Crippen molar-refractivity contribution < 1.29 is 13.5 Å². The average molecular weight is 270 g/mol. The van der Waals surface area contributed by atoms with E-state index in [1.807, 2.05) is 6.92 Å². The molecule has 0 aromatic heterocycles. The standard InChI is InChI=1S/C12H18N2O3S/c1-9-3-4-10(7-11(9)13)18(16,17)14-6-5-12(2,15)8-14/h3-4,7,15H,5-6,8,13H2,1-2H3. The van der Waals surface area contributed by atoms with Crippen LogP contribution in [0.4, 0.5) is 5.69 Å². The summed E-state index contributed by atoms with van der Waals surface area (Å²) in [4.78, 5) is 0.184. The highest BCUT2D eigenvalue weighted by Gasteiger charge is 2.38. The Morgan fingerprint density at radius 1 is 1.44 bits per heavy atom. The van der Waals surface area contributed by atoms with Gasteiger partial charge in [-0.1, -0.05) is 6.07 Å². The van der Waals surface area contributed by atoms with E-state index in [1.54, 1.807) is 19.1 Å². The summed E-state index contributed by atoms with van der Waals surface area (Å²) in [5.41, 5.74) is 6.11. The van der Waals surface area contributed by atoms with Crippen LogP contribution in [0.25, 0.3) is 0 Å². The number of nitrogens with zero attached hydrogens (tertiary/aromatic N) is 1. The van der Waals surface area contributed by atoms with Crippen molar-refractivity contribution in [3.05, 3.63) is 23.8 Å². The molecule has 0 radical (unpaired) electrons. The van der Waals surface area contributed by atoms with E-state index in [2.05, 4.69) is 0 Å². The summed E-state index contributed by atoms with van der Waals surface area (Å²) in [7, 11) is -3.56. The van der Waals surface area contributed by atoms with Gasteiger partial charge in [-0.05, 0) is 38.0 Å². The van der Waals surface area contributed by atoms with E-state index < -0.39 is 15.6 Å². The van der Waals surface area contributed by atoms with E-state index in [9.17, 15) is 13.5 Å². The van der Waals surface area contributed by atoms with Crippen LogP contribution in [0.15, 0.2) is 23.1 Å². The van der Waals surface area contributed by atoms with Gasteiger partial charge in [0.05, 0.1) is 10.5 Å². The lowest BCUT2D eigenvalue weighted by molar-refractivity contribution is 0.0762. The van der Waals surface area contributed by atoms with Crippen molar-refractivity contribution in [2.75, 3.05) is 18.8 Å². The normalized spacial score (nSPS) is 25.5. The Morgan fingerprint density at radius 2 is 2.11 bits per heavy atom. The van der Waals surface area contributed by atoms with Crippen LogP contribution in [0.2, 0.25) is 0 Å². The van der Waals surface area contributed by atoms with Crippen LogP contribution in [0, 0.1) is 6.92 Å². The largest absolute Gasteiger partial charge is 0.398 e. The number of rotatable bonds is 2. The maximum atomic E-state index is 12.3. The first-order valence-corrected chi connectivity index (χ1v) is 7.25. The summed E-state index contributed by atoms with van der Waals surface area (Å²) in [6, 6.07) is 4.71. The van der Waals surface area contributed by atoms with Crippen LogP contribution in [0.5, 0.6) is 0 Å². The van der Waals surface area contributed by atoms with E-state index in [1.165, 1.54) is 10.4 Å². The van der Waals surface area contributed by atoms with Gasteiger partial charge in [0.25, 0.3) is 0 Å². The lowest BCUT2D eigenvalue weighted by atomic mass is 10.1. The first kappa shape index (κ1) is 13.3. The minimum atomic E-state index is -3.56. The van der Waals surface area contributed by atoms with Gasteiger partial charge in [-0.2, -0.15) is 4.31 Å². The van der Waals surface area contributed by atoms with Gasteiger partial charge in [0.2, 0.25) is 10.0 Å². The number of nitrogens with two attached hydrogens (primary N) is 1. The lowest BCUT2D eigenvalue weighted by Gasteiger charge is -2.19. The Balaban J connectivity index is 2.34. The van der Waals surface area contributed by atoms with Crippen LogP contribution in [0.1, 0.15) is 18.9 Å². The monoisotopic (exact) mass is 270 g/mol. The Morgan fingerprint density at radius 3 is 2.61 bits per heavy atom. The zero-order chi connectivity index (χ0) is 13.6. The maximum absolute atomic E-state index is 12.3. The zero-order valence-corrected chi connectivity index (χ0v) is 11.4. The van der Waals surface area contributed by atoms with Crippen molar-refractivity contribution in [2.45, 2.75) is 30.8 Å². The smallest absolute Gasteiger partial charge is 0.243 e. The molecule has 1 aliphatic heterocycles. The van der Waals surface area contributed by atoms with E-state index in [-0.39, 0.29) is 11.4 Å². The Kier molecular flexibility index (Phi) is 3.12. The molecule has 1 heterocycles. The minimum absolute atomic E-state index is 0.128. The highest BCUT2D eigenvalue weighted by atomic mass is 32.2. The summed E-state index contributed by atoms with van der Waals surface area (Å²) in [5.74, 6) is 0. The summed E-state index contributed by atoms with van der Waals surface area (Å²) >= 11 is 0. The Labute approximate surface area is 107 Å². The molecule has 1 aliphatic rings. The maximum Gasteiger partial charge on any atom is 0.243 e. The van der Waals surface area contributed by atoms with Crippen molar-refractivity contribution in [3.8, 4) is 0 Å². The highest BCUT2D eigenvalue weighted by Crippen LogP contribution is 2.28. The third kappa shape index (κ3) is 2.36. The molecule has 5 nitrogen and oxygen atoms in total. The van der Waals surface area contributed by atoms with E-state index >= 15 is 0 Å². The molecular formula is C12H18N2O3S. The van der Waals surface area contributed by atoms with Gasteiger partial charge < -0.3 is 10.8 Å². The molecule has 1 unspecified atom stereocenters. The molecule has 0 saturated carbocycles. The second kappa shape index (κ2) is 4.22. The fourth-order valence-electron chi connectivity index (χ4n) is 2.04. The van der Waals surface area contributed by atoms with Crippen molar-refractivity contribution in [1.29, 1.82) is 0 Å². The van der Waals surface area contributed by atoms with Crippen LogP contribution in [-0.4, -0.2) is 36.5 Å². The fourth-order valence-corrected chi connectivity index (χ4v) is 3.63. The second-order valence-corrected chi connectivity index (χ2v) is 7.04. The van der Waals surface area contributed by atoms with Gasteiger partial charge in [0.15, 0.2) is 0 Å². The molecule has 1 aromatic carbocycles. The molecule has 0 spiro atoms. The van der Waals surface area contributed by atoms with Gasteiger partial charge in [0.1, 0.15) is 0 Å². The molecule has 0 amide bonds. The highest BCUT2D eigenvalue weighted by molar-refractivity contribution is 7.89. The molecule has 1 fully saturated rings. The van der Waals surface area contributed by atoms with Crippen LogP contribution < -0.4 is 5.73 Å². The molecule has 1 saturated heterocycles. The summed E-state index contributed by atoms with van der Waals surface area (Å²) in [6.45, 7) is 3.94. The quantitative estimate of drug-likeness (QED) is 0.776. The summed E-state index contributed by atoms with van der Waals surface area (Å²) < 4.78 is 26.0. The number of sulfonamides is 1. The van der Waals surface area contributed by atoms with Crippen molar-refractivity contribution >= 4 is 15.7 Å². The third-order valence-electron chi connectivity index (χ3n) is 3.31. The minimum Gasteiger partial charge on any atom is -0.398 e. The number of hydrogen-bond donors (Lipinski definition) is 2. The van der Waals surface area contributed by atoms with Gasteiger partial charge >= 0.3 is 0 Å². The topological polar surface area (TPSA) is 83.6 Å². The Hall–Kier alpha value is -1.11. The molecule has 6 heteroatoms. The average Bonchev–Trinajstić information content (AvgIpc) is 2.63. The summed E-state index contributed by atoms with van der Waals surface area (Å²) in [6.07, 6.45) is 0.452.